The molecule has 3 heterocycles. The number of likely N-dealkylation sites (tertiary alicyclic amines) is 1. The van der Waals surface area contributed by atoms with E-state index in [0.29, 0.717) is 13.1 Å². The van der Waals surface area contributed by atoms with Crippen LogP contribution >= 0.6 is 0 Å². The van der Waals surface area contributed by atoms with Gasteiger partial charge in [-0.25, -0.2) is 14.8 Å². The molecule has 0 radical (unpaired) electrons. The van der Waals surface area contributed by atoms with Crippen molar-refractivity contribution in [3.05, 3.63) is 45.3 Å². The summed E-state index contributed by atoms with van der Waals surface area (Å²) in [5.74, 6) is -0.227. The Morgan fingerprint density at radius 3 is 2.31 bits per heavy atom. The first-order valence-electron chi connectivity index (χ1n) is 8.85. The summed E-state index contributed by atoms with van der Waals surface area (Å²) < 4.78 is 7.09. The Bertz CT molecular complexity index is 834. The Labute approximate surface area is 166 Å². The van der Waals surface area contributed by atoms with E-state index in [0.717, 1.165) is 19.0 Å². The van der Waals surface area contributed by atoms with E-state index in [-0.39, 0.29) is 23.8 Å². The van der Waals surface area contributed by atoms with Crippen LogP contribution in [0.2, 0.25) is 0 Å². The lowest BCUT2D eigenvalue weighted by Crippen LogP contribution is -2.42. The standard InChI is InChI=1S/C13H20N4O4.C3H3N3O2/c1-13(2,3)21-12(18)15-6-4-10(5-7-15)16-8-11(14-9-16)17(19)20;7-6(8)3-1-4-2-5-3/h8-10H,4-7H2,1-3H3;1-2H,(H,4,5). The predicted octanol–water partition coefficient (Wildman–Crippen LogP) is 2.68. The summed E-state index contributed by atoms with van der Waals surface area (Å²) in [5, 5.41) is 20.4. The molecule has 0 aliphatic carbocycles. The van der Waals surface area contributed by atoms with Crippen LogP contribution in [0.1, 0.15) is 39.7 Å². The number of nitrogens with one attached hydrogen (secondary N) is 1. The highest BCUT2D eigenvalue weighted by atomic mass is 16.6. The number of nitro groups is 2. The number of rotatable bonds is 3. The molecular weight excluding hydrogens is 386 g/mol. The lowest BCUT2D eigenvalue weighted by molar-refractivity contribution is -0.389. The van der Waals surface area contributed by atoms with Crippen LogP contribution in [0.5, 0.6) is 0 Å². The Morgan fingerprint density at radius 1 is 1.24 bits per heavy atom. The number of hydrogen-bond donors (Lipinski definition) is 1. The number of imidazole rings is 2. The average Bonchev–Trinajstić information content (AvgIpc) is 3.33. The fraction of sp³-hybridized carbons (Fsp3) is 0.562. The molecule has 158 valence electrons. The maximum absolute atomic E-state index is 11.9. The SMILES string of the molecule is CC(C)(C)OC(=O)N1CCC(n2cnc([N+](=O)[O-])c2)CC1.O=[N+]([O-])c1cnc[nH]1. The minimum Gasteiger partial charge on any atom is -0.444 e. The van der Waals surface area contributed by atoms with E-state index in [1.54, 1.807) is 9.47 Å². The molecular formula is C16H23N7O6. The Morgan fingerprint density at radius 2 is 1.90 bits per heavy atom. The van der Waals surface area contributed by atoms with Crippen molar-refractivity contribution >= 4 is 17.7 Å². The van der Waals surface area contributed by atoms with Crippen molar-refractivity contribution in [2.24, 2.45) is 0 Å². The van der Waals surface area contributed by atoms with Crippen LogP contribution in [0, 0.1) is 20.2 Å². The zero-order valence-corrected chi connectivity index (χ0v) is 16.3. The van der Waals surface area contributed by atoms with E-state index in [2.05, 4.69) is 15.0 Å². The van der Waals surface area contributed by atoms with Gasteiger partial charge in [0, 0.05) is 19.1 Å². The van der Waals surface area contributed by atoms with Crippen molar-refractivity contribution in [1.29, 1.82) is 0 Å². The van der Waals surface area contributed by atoms with Crippen molar-refractivity contribution in [3.8, 4) is 0 Å². The number of piperidine rings is 1. The topological polar surface area (TPSA) is 162 Å². The molecule has 1 N–H and O–H groups in total. The third kappa shape index (κ3) is 6.55. The molecule has 2 aromatic rings. The first-order chi connectivity index (χ1) is 13.6. The maximum Gasteiger partial charge on any atom is 0.410 e. The first-order valence-corrected chi connectivity index (χ1v) is 8.85. The normalized spacial score (nSPS) is 14.7. The van der Waals surface area contributed by atoms with Gasteiger partial charge in [0.25, 0.3) is 0 Å². The molecule has 0 unspecified atom stereocenters. The molecule has 0 atom stereocenters. The van der Waals surface area contributed by atoms with Gasteiger partial charge in [0.1, 0.15) is 18.0 Å². The predicted molar refractivity (Wildman–Crippen MR) is 100 cm³/mol. The molecule has 1 saturated heterocycles. The average molecular weight is 409 g/mol. The van der Waals surface area contributed by atoms with Crippen LogP contribution < -0.4 is 0 Å². The number of aromatic amines is 1. The van der Waals surface area contributed by atoms with Crippen molar-refractivity contribution in [1.82, 2.24) is 24.4 Å². The summed E-state index contributed by atoms with van der Waals surface area (Å²) in [7, 11) is 0. The van der Waals surface area contributed by atoms with Crippen LogP contribution in [0.3, 0.4) is 0 Å². The van der Waals surface area contributed by atoms with E-state index in [9.17, 15) is 25.0 Å². The van der Waals surface area contributed by atoms with Gasteiger partial charge in [-0.3, -0.25) is 0 Å². The van der Waals surface area contributed by atoms with Crippen molar-refractivity contribution in [3.63, 3.8) is 0 Å². The molecule has 3 rings (SSSR count). The van der Waals surface area contributed by atoms with Gasteiger partial charge in [-0.05, 0) is 48.4 Å². The maximum atomic E-state index is 11.9. The minimum absolute atomic E-state index is 0.0787. The summed E-state index contributed by atoms with van der Waals surface area (Å²) in [6.45, 7) is 6.66. The van der Waals surface area contributed by atoms with E-state index >= 15 is 0 Å². The van der Waals surface area contributed by atoms with Gasteiger partial charge in [0.2, 0.25) is 6.33 Å². The molecule has 0 aromatic carbocycles. The zero-order chi connectivity index (χ0) is 21.6. The molecule has 1 aliphatic rings. The molecule has 0 bridgehead atoms. The molecule has 1 amide bonds. The number of H-pyrrole nitrogens is 1. The highest BCUT2D eigenvalue weighted by Gasteiger charge is 2.28. The molecule has 1 fully saturated rings. The number of nitrogens with zero attached hydrogens (tertiary/aromatic N) is 6. The Hall–Kier alpha value is -3.51. The third-order valence-electron chi connectivity index (χ3n) is 3.99. The Kier molecular flexibility index (Phi) is 6.85. The van der Waals surface area contributed by atoms with E-state index in [1.165, 1.54) is 18.9 Å². The van der Waals surface area contributed by atoms with Crippen molar-refractivity contribution < 1.29 is 19.4 Å². The van der Waals surface area contributed by atoms with Gasteiger partial charge >= 0.3 is 17.7 Å². The highest BCUT2D eigenvalue weighted by Crippen LogP contribution is 2.25. The van der Waals surface area contributed by atoms with Crippen LogP contribution in [-0.4, -0.2) is 59.0 Å². The fourth-order valence-corrected chi connectivity index (χ4v) is 2.64. The monoisotopic (exact) mass is 409 g/mol. The number of amides is 1. The summed E-state index contributed by atoms with van der Waals surface area (Å²) in [4.78, 5) is 42.5. The van der Waals surface area contributed by atoms with Crippen LogP contribution in [0.25, 0.3) is 0 Å². The van der Waals surface area contributed by atoms with Crippen LogP contribution in [-0.2, 0) is 4.74 Å². The van der Waals surface area contributed by atoms with E-state index < -0.39 is 15.4 Å². The second kappa shape index (κ2) is 9.12. The molecule has 13 heteroatoms. The van der Waals surface area contributed by atoms with Gasteiger partial charge in [0.05, 0.1) is 0 Å². The van der Waals surface area contributed by atoms with Gasteiger partial charge in [-0.2, -0.15) is 0 Å². The molecule has 29 heavy (non-hydrogen) atoms. The number of hydrogen-bond acceptors (Lipinski definition) is 8. The second-order valence-corrected chi connectivity index (χ2v) is 7.33. The van der Waals surface area contributed by atoms with Crippen LogP contribution in [0.15, 0.2) is 25.0 Å². The molecule has 2 aromatic heterocycles. The highest BCUT2D eigenvalue weighted by molar-refractivity contribution is 5.68. The van der Waals surface area contributed by atoms with Gasteiger partial charge < -0.3 is 34.4 Å². The molecule has 13 nitrogen and oxygen atoms in total. The lowest BCUT2D eigenvalue weighted by Gasteiger charge is -2.33. The van der Waals surface area contributed by atoms with Gasteiger partial charge in [-0.1, -0.05) is 0 Å². The molecule has 1 aliphatic heterocycles. The minimum atomic E-state index is -0.535. The second-order valence-electron chi connectivity index (χ2n) is 7.33. The van der Waals surface area contributed by atoms with E-state index in [1.807, 2.05) is 20.8 Å². The fourth-order valence-electron chi connectivity index (χ4n) is 2.64. The van der Waals surface area contributed by atoms with E-state index in [4.69, 9.17) is 4.74 Å². The smallest absolute Gasteiger partial charge is 0.410 e. The zero-order valence-electron chi connectivity index (χ0n) is 16.3. The first kappa shape index (κ1) is 21.8. The quantitative estimate of drug-likeness (QED) is 0.597. The summed E-state index contributed by atoms with van der Waals surface area (Å²) in [5.41, 5.74) is -0.501. The largest absolute Gasteiger partial charge is 0.444 e. The van der Waals surface area contributed by atoms with Crippen molar-refractivity contribution in [2.45, 2.75) is 45.3 Å². The van der Waals surface area contributed by atoms with Crippen molar-refractivity contribution in [2.75, 3.05) is 13.1 Å². The molecule has 0 spiro atoms. The van der Waals surface area contributed by atoms with Gasteiger partial charge in [-0.15, -0.1) is 0 Å². The molecule has 0 saturated carbocycles. The lowest BCUT2D eigenvalue weighted by atomic mass is 10.1. The number of ether oxygens (including phenoxy) is 1. The number of carbonyl (C=O) groups is 1. The summed E-state index contributed by atoms with van der Waals surface area (Å²) in [6, 6.07) is 0.130. The number of carbonyl (C=O) groups excluding carboxylic acids is 1. The Balaban J connectivity index is 0.000000313. The van der Waals surface area contributed by atoms with Crippen LogP contribution in [0.4, 0.5) is 16.4 Å². The number of aromatic nitrogens is 4. The summed E-state index contributed by atoms with van der Waals surface area (Å²) in [6.07, 6.45) is 6.48. The van der Waals surface area contributed by atoms with Gasteiger partial charge in [0.15, 0.2) is 6.33 Å². The third-order valence-corrected chi connectivity index (χ3v) is 3.99. The summed E-state index contributed by atoms with van der Waals surface area (Å²) >= 11 is 0.